The largest absolute Gasteiger partial charge is 0.332 e. The molecule has 0 aliphatic heterocycles. The molecule has 3 rings (SSSR count). The molecule has 0 saturated carbocycles. The summed E-state index contributed by atoms with van der Waals surface area (Å²) in [4.78, 5) is 8.46. The summed E-state index contributed by atoms with van der Waals surface area (Å²) in [5.74, 6) is 0.974. The fourth-order valence-electron chi connectivity index (χ4n) is 1.90. The highest BCUT2D eigenvalue weighted by Crippen LogP contribution is 2.16. The summed E-state index contributed by atoms with van der Waals surface area (Å²) < 4.78 is 5.21. The Morgan fingerprint density at radius 1 is 1.14 bits per heavy atom. The van der Waals surface area contributed by atoms with Crippen LogP contribution in [0.3, 0.4) is 0 Å². The Balaban J connectivity index is 1.79. The third kappa shape index (κ3) is 2.95. The van der Waals surface area contributed by atoms with Gasteiger partial charge in [0.05, 0.1) is 5.56 Å². The Morgan fingerprint density at radius 2 is 1.95 bits per heavy atom. The SMILES string of the molecule is Cc1ccc(Cc2noc(-c3ccc(C#N)cn3)n2)cc1. The fourth-order valence-corrected chi connectivity index (χ4v) is 1.90. The number of aromatic nitrogens is 3. The first kappa shape index (κ1) is 13.0. The van der Waals surface area contributed by atoms with Crippen molar-refractivity contribution in [3.05, 3.63) is 65.1 Å². The van der Waals surface area contributed by atoms with E-state index < -0.39 is 0 Å². The quantitative estimate of drug-likeness (QED) is 0.735. The molecular formula is C16H12N4O. The van der Waals surface area contributed by atoms with Crippen molar-refractivity contribution in [1.82, 2.24) is 15.1 Å². The normalized spacial score (nSPS) is 10.3. The van der Waals surface area contributed by atoms with Gasteiger partial charge in [0.15, 0.2) is 5.82 Å². The van der Waals surface area contributed by atoms with Crippen LogP contribution in [0.1, 0.15) is 22.5 Å². The second-order valence-corrected chi connectivity index (χ2v) is 4.72. The van der Waals surface area contributed by atoms with Gasteiger partial charge in [-0.2, -0.15) is 10.2 Å². The van der Waals surface area contributed by atoms with Crippen LogP contribution in [0.15, 0.2) is 47.1 Å². The molecule has 3 aromatic rings. The van der Waals surface area contributed by atoms with Gasteiger partial charge < -0.3 is 4.52 Å². The van der Waals surface area contributed by atoms with E-state index in [1.165, 1.54) is 11.8 Å². The van der Waals surface area contributed by atoms with E-state index in [1.54, 1.807) is 12.1 Å². The first-order valence-electron chi connectivity index (χ1n) is 6.49. The average Bonchev–Trinajstić information content (AvgIpc) is 2.98. The van der Waals surface area contributed by atoms with Crippen molar-refractivity contribution in [2.45, 2.75) is 13.3 Å². The molecular weight excluding hydrogens is 264 g/mol. The molecule has 21 heavy (non-hydrogen) atoms. The van der Waals surface area contributed by atoms with Crippen LogP contribution in [0.25, 0.3) is 11.6 Å². The summed E-state index contributed by atoms with van der Waals surface area (Å²) in [5.41, 5.74) is 3.41. The van der Waals surface area contributed by atoms with E-state index in [1.807, 2.05) is 25.1 Å². The summed E-state index contributed by atoms with van der Waals surface area (Å²) >= 11 is 0. The maximum absolute atomic E-state index is 8.75. The van der Waals surface area contributed by atoms with Gasteiger partial charge in [-0.15, -0.1) is 0 Å². The Kier molecular flexibility index (Phi) is 3.44. The van der Waals surface area contributed by atoms with Gasteiger partial charge in [-0.05, 0) is 24.6 Å². The molecule has 5 nitrogen and oxygen atoms in total. The molecule has 0 fully saturated rings. The molecule has 102 valence electrons. The number of aryl methyl sites for hydroxylation is 1. The van der Waals surface area contributed by atoms with Crippen LogP contribution in [0.4, 0.5) is 0 Å². The molecule has 2 aromatic heterocycles. The summed E-state index contributed by atoms with van der Waals surface area (Å²) in [6, 6.07) is 13.6. The zero-order valence-corrected chi connectivity index (χ0v) is 11.4. The lowest BCUT2D eigenvalue weighted by Crippen LogP contribution is -1.91. The number of hydrogen-bond acceptors (Lipinski definition) is 5. The molecule has 2 heterocycles. The maximum atomic E-state index is 8.75. The molecule has 5 heteroatoms. The predicted molar refractivity (Wildman–Crippen MR) is 76.2 cm³/mol. The number of hydrogen-bond donors (Lipinski definition) is 0. The number of rotatable bonds is 3. The highest BCUT2D eigenvalue weighted by Gasteiger charge is 2.10. The fraction of sp³-hybridized carbons (Fsp3) is 0.125. The Bertz CT molecular complexity index is 782. The molecule has 0 spiro atoms. The molecule has 0 amide bonds. The van der Waals surface area contributed by atoms with Crippen molar-refractivity contribution in [3.8, 4) is 17.7 Å². The molecule has 0 atom stereocenters. The van der Waals surface area contributed by atoms with Crippen molar-refractivity contribution < 1.29 is 4.52 Å². The van der Waals surface area contributed by atoms with Gasteiger partial charge in [0.25, 0.3) is 5.89 Å². The smallest absolute Gasteiger partial charge is 0.276 e. The average molecular weight is 276 g/mol. The van der Waals surface area contributed by atoms with Crippen molar-refractivity contribution >= 4 is 0 Å². The molecule has 0 aliphatic carbocycles. The van der Waals surface area contributed by atoms with E-state index in [-0.39, 0.29) is 0 Å². The van der Waals surface area contributed by atoms with Crippen molar-refractivity contribution in [2.75, 3.05) is 0 Å². The molecule has 0 unspecified atom stereocenters. The van der Waals surface area contributed by atoms with Gasteiger partial charge in [-0.1, -0.05) is 35.0 Å². The van der Waals surface area contributed by atoms with Crippen molar-refractivity contribution in [1.29, 1.82) is 5.26 Å². The minimum Gasteiger partial charge on any atom is -0.332 e. The molecule has 0 N–H and O–H groups in total. The zero-order chi connectivity index (χ0) is 14.7. The summed E-state index contributed by atoms with van der Waals surface area (Å²) in [6.45, 7) is 2.05. The van der Waals surface area contributed by atoms with Crippen molar-refractivity contribution in [2.24, 2.45) is 0 Å². The highest BCUT2D eigenvalue weighted by molar-refractivity contribution is 5.47. The second-order valence-electron chi connectivity index (χ2n) is 4.72. The Morgan fingerprint density at radius 3 is 2.62 bits per heavy atom. The standard InChI is InChI=1S/C16H12N4O/c1-11-2-4-12(5-3-11)8-15-19-16(21-20-15)14-7-6-13(9-17)10-18-14/h2-7,10H,8H2,1H3. The summed E-state index contributed by atoms with van der Waals surface area (Å²) in [5, 5.41) is 12.7. The third-order valence-electron chi connectivity index (χ3n) is 3.06. The number of pyridine rings is 1. The minimum atomic E-state index is 0.363. The van der Waals surface area contributed by atoms with Crippen LogP contribution in [-0.4, -0.2) is 15.1 Å². The number of benzene rings is 1. The number of nitrogens with zero attached hydrogens (tertiary/aromatic N) is 4. The van der Waals surface area contributed by atoms with Crippen LogP contribution in [0.2, 0.25) is 0 Å². The van der Waals surface area contributed by atoms with Crippen LogP contribution < -0.4 is 0 Å². The van der Waals surface area contributed by atoms with Crippen molar-refractivity contribution in [3.63, 3.8) is 0 Å². The van der Waals surface area contributed by atoms with E-state index in [9.17, 15) is 0 Å². The minimum absolute atomic E-state index is 0.363. The number of nitriles is 1. The highest BCUT2D eigenvalue weighted by atomic mass is 16.5. The lowest BCUT2D eigenvalue weighted by atomic mass is 10.1. The van der Waals surface area contributed by atoms with Crippen LogP contribution in [0, 0.1) is 18.3 Å². The summed E-state index contributed by atoms with van der Waals surface area (Å²) in [6.07, 6.45) is 2.10. The Labute approximate surface area is 121 Å². The lowest BCUT2D eigenvalue weighted by molar-refractivity contribution is 0.422. The topological polar surface area (TPSA) is 75.6 Å². The predicted octanol–water partition coefficient (Wildman–Crippen LogP) is 2.90. The lowest BCUT2D eigenvalue weighted by Gasteiger charge is -1.97. The Hall–Kier alpha value is -3.00. The van der Waals surface area contributed by atoms with E-state index in [4.69, 9.17) is 9.78 Å². The molecule has 0 aliphatic rings. The van der Waals surface area contributed by atoms with Gasteiger partial charge in [0, 0.05) is 12.6 Å². The zero-order valence-electron chi connectivity index (χ0n) is 11.4. The van der Waals surface area contributed by atoms with Crippen LogP contribution >= 0.6 is 0 Å². The van der Waals surface area contributed by atoms with Gasteiger partial charge in [-0.3, -0.25) is 0 Å². The first-order valence-corrected chi connectivity index (χ1v) is 6.49. The van der Waals surface area contributed by atoms with Gasteiger partial charge in [-0.25, -0.2) is 4.98 Å². The van der Waals surface area contributed by atoms with E-state index in [0.29, 0.717) is 29.4 Å². The van der Waals surface area contributed by atoms with Gasteiger partial charge in [0.2, 0.25) is 0 Å². The maximum Gasteiger partial charge on any atom is 0.276 e. The molecule has 1 aromatic carbocycles. The van der Waals surface area contributed by atoms with E-state index in [0.717, 1.165) is 5.56 Å². The molecule has 0 radical (unpaired) electrons. The molecule has 0 saturated heterocycles. The van der Waals surface area contributed by atoms with E-state index in [2.05, 4.69) is 27.3 Å². The van der Waals surface area contributed by atoms with Gasteiger partial charge in [0.1, 0.15) is 11.8 Å². The monoisotopic (exact) mass is 276 g/mol. The van der Waals surface area contributed by atoms with Gasteiger partial charge >= 0.3 is 0 Å². The van der Waals surface area contributed by atoms with Crippen LogP contribution in [-0.2, 0) is 6.42 Å². The molecule has 0 bridgehead atoms. The van der Waals surface area contributed by atoms with E-state index >= 15 is 0 Å². The first-order chi connectivity index (χ1) is 10.2. The van der Waals surface area contributed by atoms with Crippen LogP contribution in [0.5, 0.6) is 0 Å². The second kappa shape index (κ2) is 5.55. The third-order valence-corrected chi connectivity index (χ3v) is 3.06. The summed E-state index contributed by atoms with van der Waals surface area (Å²) in [7, 11) is 0.